The van der Waals surface area contributed by atoms with Gasteiger partial charge in [0, 0.05) is 56.2 Å². The summed E-state index contributed by atoms with van der Waals surface area (Å²) < 4.78 is 33.3. The molecule has 2 saturated heterocycles. The molecule has 1 amide bonds. The van der Waals surface area contributed by atoms with Crippen LogP contribution in [0.4, 0.5) is 5.69 Å². The summed E-state index contributed by atoms with van der Waals surface area (Å²) in [6, 6.07) is 8.98. The number of anilines is 1. The van der Waals surface area contributed by atoms with Crippen molar-refractivity contribution in [2.24, 2.45) is 0 Å². The Kier molecular flexibility index (Phi) is 5.85. The van der Waals surface area contributed by atoms with Crippen molar-refractivity contribution in [3.05, 3.63) is 47.4 Å². The Morgan fingerprint density at radius 1 is 1.03 bits per heavy atom. The van der Waals surface area contributed by atoms with Gasteiger partial charge in [-0.2, -0.15) is 4.31 Å². The molecule has 33 heavy (non-hydrogen) atoms. The molecule has 1 aromatic carbocycles. The molecular formula is C21H23ClN6O4S. The molecule has 0 bridgehead atoms. The highest BCUT2D eigenvalue weighted by Gasteiger charge is 2.30. The molecule has 0 radical (unpaired) electrons. The fraction of sp³-hybridized carbons (Fsp3) is 0.381. The predicted octanol–water partition coefficient (Wildman–Crippen LogP) is 2.47. The maximum atomic E-state index is 13.2. The Morgan fingerprint density at radius 2 is 1.79 bits per heavy atom. The number of halogens is 1. The molecule has 2 aromatic heterocycles. The first kappa shape index (κ1) is 21.9. The van der Waals surface area contributed by atoms with Crippen molar-refractivity contribution in [3.8, 4) is 11.6 Å². The number of piperazine rings is 1. The Balaban J connectivity index is 1.27. The first-order valence-corrected chi connectivity index (χ1v) is 12.6. The lowest BCUT2D eigenvalue weighted by molar-refractivity contribution is 0.0754. The van der Waals surface area contributed by atoms with Crippen LogP contribution in [0, 0.1) is 0 Å². The van der Waals surface area contributed by atoms with Gasteiger partial charge >= 0.3 is 11.8 Å². The Hall–Kier alpha value is -2.89. The van der Waals surface area contributed by atoms with Crippen molar-refractivity contribution in [2.45, 2.75) is 17.7 Å². The molecule has 0 aliphatic carbocycles. The van der Waals surface area contributed by atoms with Gasteiger partial charge in [-0.15, -0.1) is 10.2 Å². The number of likely N-dealkylation sites (tertiary alicyclic amines) is 1. The highest BCUT2D eigenvalue weighted by Crippen LogP contribution is 2.26. The number of nitrogens with one attached hydrogen (secondary N) is 1. The number of hydrogen-bond donors (Lipinski definition) is 1. The molecule has 0 spiro atoms. The monoisotopic (exact) mass is 490 g/mol. The lowest BCUT2D eigenvalue weighted by Gasteiger charge is -2.35. The van der Waals surface area contributed by atoms with Gasteiger partial charge in [-0.25, -0.2) is 8.42 Å². The number of amides is 1. The van der Waals surface area contributed by atoms with E-state index < -0.39 is 10.0 Å². The molecule has 0 atom stereocenters. The number of aromatic amines is 1. The molecule has 0 saturated carbocycles. The van der Waals surface area contributed by atoms with Crippen LogP contribution in [0.2, 0.25) is 5.02 Å². The van der Waals surface area contributed by atoms with Gasteiger partial charge in [-0.1, -0.05) is 17.7 Å². The summed E-state index contributed by atoms with van der Waals surface area (Å²) in [6.45, 7) is 3.16. The number of rotatable bonds is 5. The summed E-state index contributed by atoms with van der Waals surface area (Å²) in [4.78, 5) is 19.2. The van der Waals surface area contributed by atoms with Crippen LogP contribution in [0.15, 0.2) is 45.8 Å². The zero-order valence-electron chi connectivity index (χ0n) is 17.8. The minimum atomic E-state index is -3.70. The van der Waals surface area contributed by atoms with Crippen molar-refractivity contribution >= 4 is 33.2 Å². The molecule has 2 aliphatic rings. The van der Waals surface area contributed by atoms with Gasteiger partial charge in [0.1, 0.15) is 10.6 Å². The van der Waals surface area contributed by atoms with Crippen molar-refractivity contribution in [3.63, 3.8) is 0 Å². The number of carbonyl (C=O) groups excluding carboxylic acids is 1. The topological polar surface area (TPSA) is 116 Å². The van der Waals surface area contributed by atoms with Gasteiger partial charge in [0.25, 0.3) is 5.89 Å². The summed E-state index contributed by atoms with van der Waals surface area (Å²) in [5, 5.41) is 8.40. The lowest BCUT2D eigenvalue weighted by atomic mass is 10.2. The SMILES string of the molecule is O=C(c1nnc(-c2cc(S(=O)(=O)N3CCN(c4cccc(Cl)c4)CC3)c[nH]2)o1)N1CCCC1. The number of aromatic nitrogens is 3. The largest absolute Gasteiger partial charge is 0.411 e. The van der Waals surface area contributed by atoms with Gasteiger partial charge in [-0.05, 0) is 37.1 Å². The van der Waals surface area contributed by atoms with Gasteiger partial charge in [0.15, 0.2) is 0 Å². The highest BCUT2D eigenvalue weighted by atomic mass is 35.5. The van der Waals surface area contributed by atoms with E-state index in [1.165, 1.54) is 16.6 Å². The Bertz CT molecular complexity index is 1260. The van der Waals surface area contributed by atoms with Crippen molar-refractivity contribution in [2.75, 3.05) is 44.2 Å². The summed E-state index contributed by atoms with van der Waals surface area (Å²) in [5.41, 5.74) is 1.32. The molecule has 5 rings (SSSR count). The van der Waals surface area contributed by atoms with E-state index in [0.717, 1.165) is 18.5 Å². The smallest absolute Gasteiger partial charge is 0.311 e. The van der Waals surface area contributed by atoms with Crippen LogP contribution >= 0.6 is 11.6 Å². The van der Waals surface area contributed by atoms with Crippen LogP contribution in [0.25, 0.3) is 11.6 Å². The zero-order chi connectivity index (χ0) is 23.0. The zero-order valence-corrected chi connectivity index (χ0v) is 19.3. The van der Waals surface area contributed by atoms with Gasteiger partial charge in [-0.3, -0.25) is 4.79 Å². The lowest BCUT2D eigenvalue weighted by Crippen LogP contribution is -2.48. The molecule has 1 N–H and O–H groups in total. The standard InChI is InChI=1S/C21H23ClN6O4S/c22-15-4-3-5-16(12-15)26-8-10-28(11-9-26)33(30,31)17-13-18(23-14-17)19-24-25-20(32-19)21(29)27-6-1-2-7-27/h3-5,12-14,23H,1-2,6-11H2. The Morgan fingerprint density at radius 3 is 2.52 bits per heavy atom. The maximum Gasteiger partial charge on any atom is 0.311 e. The van der Waals surface area contributed by atoms with Gasteiger partial charge < -0.3 is 19.2 Å². The fourth-order valence-electron chi connectivity index (χ4n) is 4.13. The van der Waals surface area contributed by atoms with Crippen LogP contribution in [0.1, 0.15) is 23.5 Å². The molecule has 4 heterocycles. The summed E-state index contributed by atoms with van der Waals surface area (Å²) in [6.07, 6.45) is 3.32. The normalized spacial score (nSPS) is 17.6. The highest BCUT2D eigenvalue weighted by molar-refractivity contribution is 7.89. The first-order valence-electron chi connectivity index (χ1n) is 10.7. The average molecular weight is 491 g/mol. The number of carbonyl (C=O) groups is 1. The first-order chi connectivity index (χ1) is 15.9. The third-order valence-corrected chi connectivity index (χ3v) is 8.05. The Labute approximate surface area is 196 Å². The van der Waals surface area contributed by atoms with E-state index in [-0.39, 0.29) is 22.6 Å². The number of hydrogen-bond acceptors (Lipinski definition) is 7. The van der Waals surface area contributed by atoms with Crippen LogP contribution in [0.3, 0.4) is 0 Å². The van der Waals surface area contributed by atoms with Gasteiger partial charge in [0.05, 0.1) is 0 Å². The van der Waals surface area contributed by atoms with Gasteiger partial charge in [0.2, 0.25) is 10.0 Å². The van der Waals surface area contributed by atoms with E-state index in [1.54, 1.807) is 4.90 Å². The molecule has 12 heteroatoms. The number of sulfonamides is 1. The second-order valence-corrected chi connectivity index (χ2v) is 10.4. The van der Waals surface area contributed by atoms with E-state index in [4.69, 9.17) is 16.0 Å². The molecule has 3 aromatic rings. The minimum Gasteiger partial charge on any atom is -0.411 e. The third kappa shape index (κ3) is 4.35. The van der Waals surface area contributed by atoms with Crippen LogP contribution in [0.5, 0.6) is 0 Å². The average Bonchev–Trinajstić information content (AvgIpc) is 3.60. The molecular weight excluding hydrogens is 468 g/mol. The number of H-pyrrole nitrogens is 1. The maximum absolute atomic E-state index is 13.2. The van der Waals surface area contributed by atoms with Crippen molar-refractivity contribution in [1.82, 2.24) is 24.4 Å². The van der Waals surface area contributed by atoms with E-state index in [9.17, 15) is 13.2 Å². The quantitative estimate of drug-likeness (QED) is 0.584. The molecule has 2 fully saturated rings. The van der Waals surface area contributed by atoms with E-state index in [2.05, 4.69) is 20.1 Å². The number of benzene rings is 1. The molecule has 10 nitrogen and oxygen atoms in total. The second-order valence-electron chi connectivity index (χ2n) is 8.03. The van der Waals surface area contributed by atoms with Crippen molar-refractivity contribution in [1.29, 1.82) is 0 Å². The molecule has 174 valence electrons. The predicted molar refractivity (Wildman–Crippen MR) is 122 cm³/mol. The molecule has 0 unspecified atom stereocenters. The van der Waals surface area contributed by atoms with E-state index in [1.807, 2.05) is 24.3 Å². The number of nitrogens with zero attached hydrogens (tertiary/aromatic N) is 5. The summed E-state index contributed by atoms with van der Waals surface area (Å²) in [7, 11) is -3.70. The van der Waals surface area contributed by atoms with Crippen LogP contribution in [-0.2, 0) is 10.0 Å². The van der Waals surface area contributed by atoms with Crippen LogP contribution < -0.4 is 4.90 Å². The van der Waals surface area contributed by atoms with Crippen molar-refractivity contribution < 1.29 is 17.6 Å². The second kappa shape index (κ2) is 8.81. The van der Waals surface area contributed by atoms with E-state index >= 15 is 0 Å². The molecule has 2 aliphatic heterocycles. The minimum absolute atomic E-state index is 0.0739. The van der Waals surface area contributed by atoms with Crippen LogP contribution in [-0.4, -0.2) is 78.0 Å². The summed E-state index contributed by atoms with van der Waals surface area (Å²) in [5.74, 6) is -0.323. The van der Waals surface area contributed by atoms with E-state index in [0.29, 0.717) is 50.0 Å². The fourth-order valence-corrected chi connectivity index (χ4v) is 5.73. The third-order valence-electron chi connectivity index (χ3n) is 5.94. The summed E-state index contributed by atoms with van der Waals surface area (Å²) >= 11 is 6.08.